The second kappa shape index (κ2) is 11.0. The standard InChI is InChI=1S/C32H36N4O4S/c1-21-18-22(2)31(23(3)19-21)41(39,40)35(20-29(37)33-28-17-11-13-25-12-9-10-16-27(25)28)30-24(4)34(5)36(32(30)38)26-14-7-6-8-15-26/h6-10,12,14-16,18-19,28H,11,13,17,20H2,1-5H3,(H,33,37)/t28-/m1/s1. The van der Waals surface area contributed by atoms with E-state index in [1.165, 1.54) is 10.2 Å². The molecule has 1 amide bonds. The SMILES string of the molecule is Cc1cc(C)c(S(=O)(=O)N(CC(=O)N[C@@H]2CCCc3ccccc32)c2c(C)n(C)n(-c3ccccc3)c2=O)c(C)c1. The zero-order valence-electron chi connectivity index (χ0n) is 24.1. The molecule has 4 aromatic rings. The van der Waals surface area contributed by atoms with Crippen LogP contribution in [-0.4, -0.2) is 30.2 Å². The maximum atomic E-state index is 14.5. The molecule has 1 aromatic heterocycles. The number of anilines is 1. The Morgan fingerprint density at radius 2 is 1.61 bits per heavy atom. The molecule has 9 heteroatoms. The summed E-state index contributed by atoms with van der Waals surface area (Å²) < 4.78 is 33.0. The molecular weight excluding hydrogens is 536 g/mol. The molecule has 0 unspecified atom stereocenters. The number of amides is 1. The number of fused-ring (bicyclic) bond motifs is 1. The Morgan fingerprint density at radius 1 is 0.976 bits per heavy atom. The largest absolute Gasteiger partial charge is 0.348 e. The van der Waals surface area contributed by atoms with Crippen LogP contribution in [0.1, 0.15) is 52.4 Å². The molecule has 3 aromatic carbocycles. The molecule has 1 N–H and O–H groups in total. The van der Waals surface area contributed by atoms with E-state index >= 15 is 0 Å². The number of aromatic nitrogens is 2. The summed E-state index contributed by atoms with van der Waals surface area (Å²) in [7, 11) is -2.61. The highest BCUT2D eigenvalue weighted by Gasteiger charge is 2.36. The van der Waals surface area contributed by atoms with Gasteiger partial charge in [-0.2, -0.15) is 0 Å². The summed E-state index contributed by atoms with van der Waals surface area (Å²) in [5.74, 6) is -0.466. The second-order valence-electron chi connectivity index (χ2n) is 10.9. The third-order valence-electron chi connectivity index (χ3n) is 7.92. The quantitative estimate of drug-likeness (QED) is 0.344. The summed E-state index contributed by atoms with van der Waals surface area (Å²) in [6.07, 6.45) is 2.62. The Bertz CT molecular complexity index is 1770. The molecule has 5 rings (SSSR count). The van der Waals surface area contributed by atoms with Crippen molar-refractivity contribution in [1.82, 2.24) is 14.7 Å². The van der Waals surface area contributed by atoms with Crippen LogP contribution in [0.25, 0.3) is 5.69 Å². The summed E-state index contributed by atoms with van der Waals surface area (Å²) in [4.78, 5) is 27.8. The van der Waals surface area contributed by atoms with Crippen molar-refractivity contribution in [3.05, 3.63) is 111 Å². The number of sulfonamides is 1. The lowest BCUT2D eigenvalue weighted by molar-refractivity contribution is -0.120. The first kappa shape index (κ1) is 28.4. The van der Waals surface area contributed by atoms with E-state index in [1.54, 1.807) is 56.8 Å². The van der Waals surface area contributed by atoms with E-state index in [2.05, 4.69) is 11.4 Å². The number of hydrogen-bond donors (Lipinski definition) is 1. The van der Waals surface area contributed by atoms with E-state index in [1.807, 2.05) is 43.3 Å². The van der Waals surface area contributed by atoms with Gasteiger partial charge in [0.25, 0.3) is 15.6 Å². The van der Waals surface area contributed by atoms with E-state index in [4.69, 9.17) is 0 Å². The van der Waals surface area contributed by atoms with Gasteiger partial charge in [-0.05, 0) is 81.3 Å². The average Bonchev–Trinajstić information content (AvgIpc) is 3.14. The van der Waals surface area contributed by atoms with Gasteiger partial charge in [-0.3, -0.25) is 14.3 Å². The van der Waals surface area contributed by atoms with Crippen molar-refractivity contribution in [2.24, 2.45) is 7.05 Å². The van der Waals surface area contributed by atoms with E-state index < -0.39 is 28.0 Å². The molecule has 0 saturated heterocycles. The first-order chi connectivity index (χ1) is 19.5. The van der Waals surface area contributed by atoms with Gasteiger partial charge in [0, 0.05) is 7.05 Å². The summed E-state index contributed by atoms with van der Waals surface area (Å²) in [6.45, 7) is 6.56. The van der Waals surface area contributed by atoms with Gasteiger partial charge in [0.15, 0.2) is 0 Å². The van der Waals surface area contributed by atoms with Crippen molar-refractivity contribution in [2.45, 2.75) is 57.9 Å². The van der Waals surface area contributed by atoms with Crippen molar-refractivity contribution in [3.8, 4) is 5.69 Å². The van der Waals surface area contributed by atoms with Crippen LogP contribution in [0.5, 0.6) is 0 Å². The van der Waals surface area contributed by atoms with Crippen LogP contribution in [0.4, 0.5) is 5.69 Å². The molecule has 0 spiro atoms. The Labute approximate surface area is 241 Å². The number of hydrogen-bond acceptors (Lipinski definition) is 4. The van der Waals surface area contributed by atoms with Crippen molar-refractivity contribution in [1.29, 1.82) is 0 Å². The Hall–Kier alpha value is -4.11. The molecule has 0 bridgehead atoms. The van der Waals surface area contributed by atoms with Crippen molar-refractivity contribution in [2.75, 3.05) is 10.8 Å². The Balaban J connectivity index is 1.62. The predicted octanol–water partition coefficient (Wildman–Crippen LogP) is 4.80. The number of benzene rings is 3. The number of nitrogens with one attached hydrogen (secondary N) is 1. The second-order valence-corrected chi connectivity index (χ2v) is 12.7. The monoisotopic (exact) mass is 572 g/mol. The highest BCUT2D eigenvalue weighted by atomic mass is 32.2. The zero-order chi connectivity index (χ0) is 29.5. The smallest absolute Gasteiger partial charge is 0.296 e. The van der Waals surface area contributed by atoms with E-state index in [-0.39, 0.29) is 16.6 Å². The topological polar surface area (TPSA) is 93.4 Å². The average molecular weight is 573 g/mol. The summed E-state index contributed by atoms with van der Waals surface area (Å²) in [5.41, 5.74) is 4.75. The van der Waals surface area contributed by atoms with Gasteiger partial charge in [-0.1, -0.05) is 60.2 Å². The molecule has 0 radical (unpaired) electrons. The summed E-state index contributed by atoms with van der Waals surface area (Å²) in [5, 5.41) is 3.07. The number of carbonyl (C=O) groups excluding carboxylic acids is 1. The first-order valence-corrected chi connectivity index (χ1v) is 15.3. The molecule has 1 heterocycles. The molecule has 214 valence electrons. The van der Waals surface area contributed by atoms with E-state index in [0.717, 1.165) is 34.7 Å². The minimum atomic E-state index is -4.31. The lowest BCUT2D eigenvalue weighted by Crippen LogP contribution is -2.44. The van der Waals surface area contributed by atoms with Crippen LogP contribution in [0.3, 0.4) is 0 Å². The number of para-hydroxylation sites is 1. The van der Waals surface area contributed by atoms with Crippen LogP contribution in [0.15, 0.2) is 76.4 Å². The molecule has 1 aliphatic carbocycles. The van der Waals surface area contributed by atoms with Crippen molar-refractivity contribution >= 4 is 21.6 Å². The molecule has 1 aliphatic rings. The van der Waals surface area contributed by atoms with Gasteiger partial charge in [-0.25, -0.2) is 17.4 Å². The number of aryl methyl sites for hydroxylation is 4. The summed E-state index contributed by atoms with van der Waals surface area (Å²) >= 11 is 0. The van der Waals surface area contributed by atoms with E-state index in [0.29, 0.717) is 22.5 Å². The molecular formula is C32H36N4O4S. The normalized spacial score (nSPS) is 14.9. The van der Waals surface area contributed by atoms with Gasteiger partial charge in [0.1, 0.15) is 12.2 Å². The third kappa shape index (κ3) is 5.22. The summed E-state index contributed by atoms with van der Waals surface area (Å²) in [6, 6.07) is 20.4. The van der Waals surface area contributed by atoms with Gasteiger partial charge in [0.2, 0.25) is 5.91 Å². The number of rotatable bonds is 7. The van der Waals surface area contributed by atoms with Crippen LogP contribution >= 0.6 is 0 Å². The fourth-order valence-corrected chi connectivity index (χ4v) is 7.97. The minimum absolute atomic E-state index is 0.0464. The molecule has 0 saturated carbocycles. The third-order valence-corrected chi connectivity index (χ3v) is 9.97. The predicted molar refractivity (Wildman–Crippen MR) is 161 cm³/mol. The fraction of sp³-hybridized carbons (Fsp3) is 0.312. The first-order valence-electron chi connectivity index (χ1n) is 13.8. The van der Waals surface area contributed by atoms with Gasteiger partial charge >= 0.3 is 0 Å². The lowest BCUT2D eigenvalue weighted by atomic mass is 9.88. The Morgan fingerprint density at radius 3 is 2.29 bits per heavy atom. The maximum Gasteiger partial charge on any atom is 0.296 e. The van der Waals surface area contributed by atoms with E-state index in [9.17, 15) is 18.0 Å². The van der Waals surface area contributed by atoms with Crippen LogP contribution in [-0.2, 0) is 28.3 Å². The Kier molecular flexibility index (Phi) is 7.66. The number of nitrogens with zero attached hydrogens (tertiary/aromatic N) is 3. The zero-order valence-corrected chi connectivity index (χ0v) is 25.0. The van der Waals surface area contributed by atoms with Crippen LogP contribution < -0.4 is 15.2 Å². The molecule has 8 nitrogen and oxygen atoms in total. The molecule has 1 atom stereocenters. The van der Waals surface area contributed by atoms with Crippen molar-refractivity contribution in [3.63, 3.8) is 0 Å². The molecule has 0 fully saturated rings. The maximum absolute atomic E-state index is 14.5. The van der Waals surface area contributed by atoms with Gasteiger partial charge < -0.3 is 5.32 Å². The van der Waals surface area contributed by atoms with Crippen molar-refractivity contribution < 1.29 is 13.2 Å². The fourth-order valence-electron chi connectivity index (χ4n) is 6.08. The van der Waals surface area contributed by atoms with Crippen LogP contribution in [0, 0.1) is 27.7 Å². The number of carbonyl (C=O) groups is 1. The van der Waals surface area contributed by atoms with Gasteiger partial charge in [0.05, 0.1) is 22.3 Å². The lowest BCUT2D eigenvalue weighted by Gasteiger charge is -2.29. The minimum Gasteiger partial charge on any atom is -0.348 e. The molecule has 0 aliphatic heterocycles. The molecule has 41 heavy (non-hydrogen) atoms. The van der Waals surface area contributed by atoms with Crippen LogP contribution in [0.2, 0.25) is 0 Å². The van der Waals surface area contributed by atoms with Gasteiger partial charge in [-0.15, -0.1) is 0 Å². The highest BCUT2D eigenvalue weighted by molar-refractivity contribution is 7.93. The highest BCUT2D eigenvalue weighted by Crippen LogP contribution is 2.32.